The fraction of sp³-hybridized carbons (Fsp3) is 0.333. The summed E-state index contributed by atoms with van der Waals surface area (Å²) in [6.07, 6.45) is 0. The Bertz CT molecular complexity index is 787. The maximum absolute atomic E-state index is 12.8. The first-order chi connectivity index (χ1) is 13.6. The normalized spacial score (nSPS) is 13.9. The van der Waals surface area contributed by atoms with Gasteiger partial charge in [-0.25, -0.2) is 0 Å². The minimum Gasteiger partial charge on any atom is -0.497 e. The highest BCUT2D eigenvalue weighted by Crippen LogP contribution is 2.20. The van der Waals surface area contributed by atoms with Crippen molar-refractivity contribution in [1.29, 1.82) is 0 Å². The predicted molar refractivity (Wildman–Crippen MR) is 108 cm³/mol. The molecule has 0 aromatic heterocycles. The molecule has 1 saturated heterocycles. The lowest BCUT2D eigenvalue weighted by molar-refractivity contribution is -0.135. The molecule has 7 heteroatoms. The van der Waals surface area contributed by atoms with Gasteiger partial charge in [-0.3, -0.25) is 9.59 Å². The lowest BCUT2D eigenvalue weighted by Crippen LogP contribution is -2.51. The molecule has 0 radical (unpaired) electrons. The molecule has 2 aromatic carbocycles. The van der Waals surface area contributed by atoms with Crippen molar-refractivity contribution in [3.63, 3.8) is 0 Å². The Balaban J connectivity index is 1.61. The van der Waals surface area contributed by atoms with Crippen LogP contribution in [0.4, 0.5) is 11.4 Å². The van der Waals surface area contributed by atoms with Crippen LogP contribution >= 0.6 is 0 Å². The molecule has 0 saturated carbocycles. The van der Waals surface area contributed by atoms with Gasteiger partial charge in [0.25, 0.3) is 0 Å². The number of para-hydroxylation sites is 1. The van der Waals surface area contributed by atoms with Crippen LogP contribution in [0.3, 0.4) is 0 Å². The fourth-order valence-corrected chi connectivity index (χ4v) is 3.31. The van der Waals surface area contributed by atoms with Crippen LogP contribution in [0.15, 0.2) is 54.6 Å². The summed E-state index contributed by atoms with van der Waals surface area (Å²) < 4.78 is 5.14. The van der Waals surface area contributed by atoms with Gasteiger partial charge in [0, 0.05) is 37.6 Å². The smallest absolute Gasteiger partial charge is 0.323 e. The second-order valence-corrected chi connectivity index (χ2v) is 6.65. The second-order valence-electron chi connectivity index (χ2n) is 6.65. The molecule has 2 aromatic rings. The number of aliphatic carboxylic acids is 1. The fourth-order valence-electron chi connectivity index (χ4n) is 3.31. The van der Waals surface area contributed by atoms with Crippen LogP contribution in [-0.2, 0) is 9.59 Å². The molecule has 1 aliphatic heterocycles. The zero-order valence-corrected chi connectivity index (χ0v) is 16.0. The Kier molecular flexibility index (Phi) is 6.37. The number of nitrogens with zero attached hydrogens (tertiary/aromatic N) is 3. The van der Waals surface area contributed by atoms with Crippen LogP contribution in [0, 0.1) is 0 Å². The average Bonchev–Trinajstić information content (AvgIpc) is 2.74. The molecule has 1 amide bonds. The van der Waals surface area contributed by atoms with E-state index in [4.69, 9.17) is 4.74 Å². The number of carbonyl (C=O) groups excluding carboxylic acids is 1. The number of carboxylic acids is 1. The lowest BCUT2D eigenvalue weighted by atomic mass is 10.2. The first-order valence-corrected chi connectivity index (χ1v) is 9.25. The molecule has 0 atom stereocenters. The molecule has 148 valence electrons. The van der Waals surface area contributed by atoms with Gasteiger partial charge in [-0.2, -0.15) is 0 Å². The highest BCUT2D eigenvalue weighted by atomic mass is 16.5. The van der Waals surface area contributed by atoms with Gasteiger partial charge in [-0.05, 0) is 36.4 Å². The number of anilines is 2. The molecule has 0 spiro atoms. The van der Waals surface area contributed by atoms with Crippen molar-refractivity contribution in [3.8, 4) is 5.75 Å². The first kappa shape index (κ1) is 19.5. The average molecular weight is 383 g/mol. The maximum atomic E-state index is 12.8. The number of piperazine rings is 1. The number of carboxylic acid groups (broad SMARTS) is 1. The number of methoxy groups -OCH3 is 1. The molecule has 1 N–H and O–H groups in total. The van der Waals surface area contributed by atoms with Crippen molar-refractivity contribution >= 4 is 23.3 Å². The van der Waals surface area contributed by atoms with Gasteiger partial charge in [0.05, 0.1) is 13.7 Å². The molecule has 7 nitrogen and oxygen atoms in total. The monoisotopic (exact) mass is 383 g/mol. The third kappa shape index (κ3) is 4.94. The van der Waals surface area contributed by atoms with Crippen molar-refractivity contribution in [2.45, 2.75) is 0 Å². The number of benzene rings is 2. The zero-order valence-electron chi connectivity index (χ0n) is 16.0. The number of amides is 1. The highest BCUT2D eigenvalue weighted by Gasteiger charge is 2.24. The van der Waals surface area contributed by atoms with E-state index < -0.39 is 5.97 Å². The molecule has 0 bridgehead atoms. The minimum absolute atomic E-state index is 0.0317. The summed E-state index contributed by atoms with van der Waals surface area (Å²) in [5.41, 5.74) is 1.83. The zero-order chi connectivity index (χ0) is 19.9. The van der Waals surface area contributed by atoms with E-state index in [0.717, 1.165) is 18.8 Å². The largest absolute Gasteiger partial charge is 0.497 e. The number of rotatable bonds is 7. The number of ether oxygens (including phenoxy) is 1. The summed E-state index contributed by atoms with van der Waals surface area (Å²) in [7, 11) is 1.57. The van der Waals surface area contributed by atoms with Gasteiger partial charge in [0.1, 0.15) is 12.3 Å². The molecule has 1 aliphatic rings. The quantitative estimate of drug-likeness (QED) is 0.788. The first-order valence-electron chi connectivity index (χ1n) is 9.25. The van der Waals surface area contributed by atoms with Gasteiger partial charge in [-0.1, -0.05) is 18.2 Å². The Morgan fingerprint density at radius 2 is 1.61 bits per heavy atom. The van der Waals surface area contributed by atoms with Crippen molar-refractivity contribution < 1.29 is 19.4 Å². The SMILES string of the molecule is COc1ccc(N(CC(=O)O)CC(=O)N2CCN(c3ccccc3)CC2)cc1. The summed E-state index contributed by atoms with van der Waals surface area (Å²) in [6.45, 7) is 2.56. The summed E-state index contributed by atoms with van der Waals surface area (Å²) in [6, 6.07) is 17.2. The van der Waals surface area contributed by atoms with Gasteiger partial charge in [0.15, 0.2) is 0 Å². The van der Waals surface area contributed by atoms with E-state index in [1.807, 2.05) is 18.2 Å². The summed E-state index contributed by atoms with van der Waals surface area (Å²) in [4.78, 5) is 29.7. The summed E-state index contributed by atoms with van der Waals surface area (Å²) in [5, 5.41) is 9.23. The Labute approximate surface area is 164 Å². The van der Waals surface area contributed by atoms with Crippen LogP contribution in [0.2, 0.25) is 0 Å². The molecule has 1 fully saturated rings. The third-order valence-electron chi connectivity index (χ3n) is 4.84. The summed E-state index contributed by atoms with van der Waals surface area (Å²) in [5.74, 6) is -0.357. The highest BCUT2D eigenvalue weighted by molar-refractivity contribution is 5.84. The van der Waals surface area contributed by atoms with Crippen LogP contribution in [0.25, 0.3) is 0 Å². The molecule has 28 heavy (non-hydrogen) atoms. The van der Waals surface area contributed by atoms with Gasteiger partial charge in [-0.15, -0.1) is 0 Å². The maximum Gasteiger partial charge on any atom is 0.323 e. The molecule has 0 aliphatic carbocycles. The lowest BCUT2D eigenvalue weighted by Gasteiger charge is -2.37. The van der Waals surface area contributed by atoms with E-state index in [9.17, 15) is 14.7 Å². The van der Waals surface area contributed by atoms with Crippen LogP contribution < -0.4 is 14.5 Å². The van der Waals surface area contributed by atoms with Gasteiger partial charge in [0.2, 0.25) is 5.91 Å². The third-order valence-corrected chi connectivity index (χ3v) is 4.84. The Hall–Kier alpha value is -3.22. The van der Waals surface area contributed by atoms with E-state index in [-0.39, 0.29) is 19.0 Å². The van der Waals surface area contributed by atoms with E-state index in [0.29, 0.717) is 24.5 Å². The number of hydrogen-bond donors (Lipinski definition) is 1. The van der Waals surface area contributed by atoms with Crippen LogP contribution in [-0.4, -0.2) is 68.3 Å². The summed E-state index contributed by atoms with van der Waals surface area (Å²) >= 11 is 0. The topological polar surface area (TPSA) is 73.3 Å². The van der Waals surface area contributed by atoms with Gasteiger partial charge < -0.3 is 24.5 Å². The van der Waals surface area contributed by atoms with E-state index in [2.05, 4.69) is 17.0 Å². The Morgan fingerprint density at radius 3 is 2.18 bits per heavy atom. The molecule has 3 rings (SSSR count). The predicted octanol–water partition coefficient (Wildman–Crippen LogP) is 1.93. The standard InChI is InChI=1S/C21H25N3O4/c1-28-19-9-7-18(8-10-19)24(16-21(26)27)15-20(25)23-13-11-22(12-14-23)17-5-3-2-4-6-17/h2-10H,11-16H2,1H3,(H,26,27). The van der Waals surface area contributed by atoms with Gasteiger partial charge >= 0.3 is 5.97 Å². The van der Waals surface area contributed by atoms with E-state index in [1.165, 1.54) is 0 Å². The second kappa shape index (κ2) is 9.12. The number of hydrogen-bond acceptors (Lipinski definition) is 5. The van der Waals surface area contributed by atoms with Crippen LogP contribution in [0.1, 0.15) is 0 Å². The number of carbonyl (C=O) groups is 2. The van der Waals surface area contributed by atoms with Crippen molar-refractivity contribution in [1.82, 2.24) is 4.90 Å². The molecule has 1 heterocycles. The van der Waals surface area contributed by atoms with Crippen molar-refractivity contribution in [3.05, 3.63) is 54.6 Å². The van der Waals surface area contributed by atoms with Crippen LogP contribution in [0.5, 0.6) is 5.75 Å². The van der Waals surface area contributed by atoms with Crippen molar-refractivity contribution in [2.24, 2.45) is 0 Å². The molecular formula is C21H25N3O4. The molecule has 0 unspecified atom stereocenters. The molecular weight excluding hydrogens is 358 g/mol. The minimum atomic E-state index is -0.975. The Morgan fingerprint density at radius 1 is 0.964 bits per heavy atom. The van der Waals surface area contributed by atoms with E-state index in [1.54, 1.807) is 41.2 Å². The van der Waals surface area contributed by atoms with Crippen molar-refractivity contribution in [2.75, 3.05) is 56.2 Å². The van der Waals surface area contributed by atoms with E-state index >= 15 is 0 Å².